The van der Waals surface area contributed by atoms with Crippen LogP contribution >= 0.6 is 0 Å². The first kappa shape index (κ1) is 17.6. The van der Waals surface area contributed by atoms with E-state index in [2.05, 4.69) is 10.6 Å². The van der Waals surface area contributed by atoms with Gasteiger partial charge in [-0.2, -0.15) is 0 Å². The fourth-order valence-electron chi connectivity index (χ4n) is 2.33. The Morgan fingerprint density at radius 2 is 1.79 bits per heavy atom. The Kier molecular flexibility index (Phi) is 6.45. The maximum atomic E-state index is 12.1. The summed E-state index contributed by atoms with van der Waals surface area (Å²) in [5.74, 6) is 1.11. The highest BCUT2D eigenvalue weighted by atomic mass is 16.5. The molecule has 0 heterocycles. The lowest BCUT2D eigenvalue weighted by Gasteiger charge is -2.17. The molecule has 1 unspecified atom stereocenters. The smallest absolute Gasteiger partial charge is 0.319 e. The number of aliphatic hydroxyl groups is 1. The van der Waals surface area contributed by atoms with Crippen LogP contribution < -0.4 is 20.1 Å². The number of anilines is 1. The summed E-state index contributed by atoms with van der Waals surface area (Å²) in [7, 11) is 3.08. The van der Waals surface area contributed by atoms with E-state index in [1.165, 1.54) is 7.11 Å². The van der Waals surface area contributed by atoms with Gasteiger partial charge in [-0.3, -0.25) is 0 Å². The third-order valence-electron chi connectivity index (χ3n) is 3.52. The number of hydrogen-bond donors (Lipinski definition) is 3. The van der Waals surface area contributed by atoms with Crippen LogP contribution in [0.3, 0.4) is 0 Å². The predicted molar refractivity (Wildman–Crippen MR) is 92.7 cm³/mol. The fourth-order valence-corrected chi connectivity index (χ4v) is 2.33. The molecular formula is C18H22N2O4. The van der Waals surface area contributed by atoms with Crippen LogP contribution in [-0.4, -0.2) is 38.0 Å². The summed E-state index contributed by atoms with van der Waals surface area (Å²) in [6.45, 7) is -0.145. The Balaban J connectivity index is 1.96. The maximum absolute atomic E-state index is 12.1. The molecule has 0 saturated carbocycles. The molecule has 6 heteroatoms. The predicted octanol–water partition coefficient (Wildman–Crippen LogP) is 2.43. The van der Waals surface area contributed by atoms with Crippen molar-refractivity contribution in [3.8, 4) is 11.5 Å². The minimum Gasteiger partial charge on any atom is -0.493 e. The average Bonchev–Trinajstić information content (AvgIpc) is 2.61. The van der Waals surface area contributed by atoms with E-state index in [1.807, 2.05) is 30.3 Å². The van der Waals surface area contributed by atoms with E-state index in [1.54, 1.807) is 25.3 Å². The van der Waals surface area contributed by atoms with Crippen molar-refractivity contribution in [2.24, 2.45) is 0 Å². The Morgan fingerprint density at radius 1 is 1.08 bits per heavy atom. The summed E-state index contributed by atoms with van der Waals surface area (Å²) in [5, 5.41) is 15.0. The number of benzene rings is 2. The fraction of sp³-hybridized carbons (Fsp3) is 0.278. The molecule has 24 heavy (non-hydrogen) atoms. The van der Waals surface area contributed by atoms with E-state index in [-0.39, 0.29) is 12.6 Å². The van der Waals surface area contributed by atoms with Gasteiger partial charge in [-0.05, 0) is 24.1 Å². The largest absolute Gasteiger partial charge is 0.493 e. The number of nitrogens with one attached hydrogen (secondary N) is 2. The van der Waals surface area contributed by atoms with Gasteiger partial charge in [-0.25, -0.2) is 4.79 Å². The monoisotopic (exact) mass is 330 g/mol. The van der Waals surface area contributed by atoms with E-state index < -0.39 is 6.03 Å². The van der Waals surface area contributed by atoms with Gasteiger partial charge in [0.25, 0.3) is 0 Å². The maximum Gasteiger partial charge on any atom is 0.319 e. The number of methoxy groups -OCH3 is 2. The number of hydrogen-bond acceptors (Lipinski definition) is 4. The Morgan fingerprint density at radius 3 is 2.42 bits per heavy atom. The van der Waals surface area contributed by atoms with Crippen molar-refractivity contribution in [3.63, 3.8) is 0 Å². The number of amides is 2. The molecule has 0 radical (unpaired) electrons. The minimum atomic E-state index is -0.391. The molecule has 1 atom stereocenters. The van der Waals surface area contributed by atoms with Gasteiger partial charge in [0.2, 0.25) is 0 Å². The van der Waals surface area contributed by atoms with E-state index in [0.717, 1.165) is 5.56 Å². The van der Waals surface area contributed by atoms with Gasteiger partial charge in [0.15, 0.2) is 11.5 Å². The van der Waals surface area contributed by atoms with Crippen molar-refractivity contribution in [2.45, 2.75) is 12.5 Å². The lowest BCUT2D eigenvalue weighted by molar-refractivity contribution is 0.224. The molecule has 0 fully saturated rings. The zero-order chi connectivity index (χ0) is 17.4. The third-order valence-corrected chi connectivity index (χ3v) is 3.52. The van der Waals surface area contributed by atoms with Crippen LogP contribution in [0.2, 0.25) is 0 Å². The number of aliphatic hydroxyl groups excluding tert-OH is 1. The van der Waals surface area contributed by atoms with Crippen LogP contribution in [0.4, 0.5) is 10.5 Å². The van der Waals surface area contributed by atoms with Gasteiger partial charge in [0.1, 0.15) is 0 Å². The van der Waals surface area contributed by atoms with Gasteiger partial charge in [0.05, 0.1) is 26.9 Å². The number of carbonyl (C=O) groups excluding carboxylic acids is 1. The summed E-state index contributed by atoms with van der Waals surface area (Å²) in [5.41, 5.74) is 1.62. The zero-order valence-electron chi connectivity index (χ0n) is 13.8. The Hall–Kier alpha value is -2.73. The summed E-state index contributed by atoms with van der Waals surface area (Å²) < 4.78 is 10.4. The second-order valence-electron chi connectivity index (χ2n) is 5.24. The first-order valence-electron chi connectivity index (χ1n) is 7.60. The van der Waals surface area contributed by atoms with Crippen molar-refractivity contribution in [2.75, 3.05) is 26.1 Å². The van der Waals surface area contributed by atoms with Crippen LogP contribution in [0.1, 0.15) is 5.56 Å². The standard InChI is InChI=1S/C18H22N2O4/c1-23-16-9-8-14(11-17(16)24-2)19-18(22)20-15(12-21)10-13-6-4-3-5-7-13/h3-9,11,15,21H,10,12H2,1-2H3,(H2,19,20,22). The Labute approximate surface area is 141 Å². The molecule has 0 saturated heterocycles. The molecule has 0 aliphatic rings. The van der Waals surface area contributed by atoms with Gasteiger partial charge >= 0.3 is 6.03 Å². The van der Waals surface area contributed by atoms with Gasteiger partial charge in [0, 0.05) is 11.8 Å². The highest BCUT2D eigenvalue weighted by Crippen LogP contribution is 2.29. The van der Waals surface area contributed by atoms with Gasteiger partial charge in [-0.15, -0.1) is 0 Å². The first-order chi connectivity index (χ1) is 11.7. The highest BCUT2D eigenvalue weighted by Gasteiger charge is 2.13. The summed E-state index contributed by atoms with van der Waals surface area (Å²) in [6, 6.07) is 14.0. The van der Waals surface area contributed by atoms with Gasteiger partial charge in [-0.1, -0.05) is 30.3 Å². The second-order valence-corrected chi connectivity index (χ2v) is 5.24. The second kappa shape index (κ2) is 8.79. The number of ether oxygens (including phenoxy) is 2. The van der Waals surface area contributed by atoms with E-state index in [0.29, 0.717) is 23.6 Å². The van der Waals surface area contributed by atoms with E-state index in [9.17, 15) is 9.90 Å². The molecule has 2 rings (SSSR count). The quantitative estimate of drug-likeness (QED) is 0.728. The van der Waals surface area contributed by atoms with Gasteiger partial charge < -0.3 is 25.2 Å². The van der Waals surface area contributed by atoms with Crippen molar-refractivity contribution in [1.82, 2.24) is 5.32 Å². The zero-order valence-corrected chi connectivity index (χ0v) is 13.8. The van der Waals surface area contributed by atoms with Crippen molar-refractivity contribution in [3.05, 3.63) is 54.1 Å². The number of urea groups is 1. The summed E-state index contributed by atoms with van der Waals surface area (Å²) >= 11 is 0. The van der Waals surface area contributed by atoms with Crippen molar-refractivity contribution < 1.29 is 19.4 Å². The van der Waals surface area contributed by atoms with Crippen LogP contribution in [0.15, 0.2) is 48.5 Å². The molecule has 2 aromatic carbocycles. The summed E-state index contributed by atoms with van der Waals surface area (Å²) in [4.78, 5) is 12.1. The first-order valence-corrected chi connectivity index (χ1v) is 7.60. The molecule has 3 N–H and O–H groups in total. The van der Waals surface area contributed by atoms with Crippen LogP contribution in [-0.2, 0) is 6.42 Å². The van der Waals surface area contributed by atoms with Crippen molar-refractivity contribution in [1.29, 1.82) is 0 Å². The normalized spacial score (nSPS) is 11.5. The molecule has 0 aliphatic carbocycles. The molecule has 0 spiro atoms. The molecule has 6 nitrogen and oxygen atoms in total. The lowest BCUT2D eigenvalue weighted by atomic mass is 10.1. The topological polar surface area (TPSA) is 79.8 Å². The molecule has 2 amide bonds. The Bertz CT molecular complexity index is 661. The van der Waals surface area contributed by atoms with E-state index in [4.69, 9.17) is 9.47 Å². The molecule has 2 aromatic rings. The SMILES string of the molecule is COc1ccc(NC(=O)NC(CO)Cc2ccccc2)cc1OC. The number of rotatable bonds is 7. The molecule has 128 valence electrons. The van der Waals surface area contributed by atoms with E-state index >= 15 is 0 Å². The minimum absolute atomic E-state index is 0.145. The average molecular weight is 330 g/mol. The van der Waals surface area contributed by atoms with Crippen LogP contribution in [0.25, 0.3) is 0 Å². The van der Waals surface area contributed by atoms with Crippen molar-refractivity contribution >= 4 is 11.7 Å². The summed E-state index contributed by atoms with van der Waals surface area (Å²) in [6.07, 6.45) is 0.552. The number of carbonyl (C=O) groups is 1. The van der Waals surface area contributed by atoms with Crippen LogP contribution in [0, 0.1) is 0 Å². The molecule has 0 bridgehead atoms. The third kappa shape index (κ3) is 4.89. The molecular weight excluding hydrogens is 308 g/mol. The molecule has 0 aliphatic heterocycles. The highest BCUT2D eigenvalue weighted by molar-refractivity contribution is 5.89. The van der Waals surface area contributed by atoms with Crippen LogP contribution in [0.5, 0.6) is 11.5 Å². The molecule has 0 aromatic heterocycles. The lowest BCUT2D eigenvalue weighted by Crippen LogP contribution is -2.41.